The summed E-state index contributed by atoms with van der Waals surface area (Å²) in [5.41, 5.74) is 1.11. The van der Waals surface area contributed by atoms with E-state index in [0.29, 0.717) is 6.04 Å². The van der Waals surface area contributed by atoms with Crippen molar-refractivity contribution in [3.8, 4) is 0 Å². The zero-order chi connectivity index (χ0) is 12.5. The Morgan fingerprint density at radius 2 is 2.39 bits per heavy atom. The summed E-state index contributed by atoms with van der Waals surface area (Å²) in [5, 5.41) is 6.90. The van der Waals surface area contributed by atoms with Gasteiger partial charge in [-0.1, -0.05) is 0 Å². The molecular formula is C13H21N3OS. The van der Waals surface area contributed by atoms with Crippen molar-refractivity contribution in [1.82, 2.24) is 15.2 Å². The van der Waals surface area contributed by atoms with Crippen molar-refractivity contribution < 1.29 is 4.74 Å². The van der Waals surface area contributed by atoms with E-state index in [1.54, 1.807) is 11.3 Å². The maximum atomic E-state index is 5.97. The number of rotatable bonds is 4. The summed E-state index contributed by atoms with van der Waals surface area (Å²) in [6.07, 6.45) is 2.88. The second-order valence-electron chi connectivity index (χ2n) is 5.34. The molecule has 1 N–H and O–H groups in total. The minimum absolute atomic E-state index is 0.231. The van der Waals surface area contributed by atoms with Crippen LogP contribution in [-0.2, 0) is 4.74 Å². The summed E-state index contributed by atoms with van der Waals surface area (Å²) in [4.78, 5) is 7.02. The molecule has 0 spiro atoms. The summed E-state index contributed by atoms with van der Waals surface area (Å²) in [7, 11) is 2.17. The van der Waals surface area contributed by atoms with Crippen LogP contribution >= 0.6 is 11.3 Å². The van der Waals surface area contributed by atoms with Crippen LogP contribution < -0.4 is 5.32 Å². The molecule has 2 fully saturated rings. The number of hydrogen-bond donors (Lipinski definition) is 1. The highest BCUT2D eigenvalue weighted by atomic mass is 32.1. The highest BCUT2D eigenvalue weighted by Crippen LogP contribution is 2.31. The first kappa shape index (κ1) is 12.5. The van der Waals surface area contributed by atoms with Crippen LogP contribution in [0.2, 0.25) is 0 Å². The molecule has 5 heteroatoms. The Morgan fingerprint density at radius 3 is 3.06 bits per heavy atom. The highest BCUT2D eigenvalue weighted by Gasteiger charge is 2.34. The number of morpholine rings is 1. The summed E-state index contributed by atoms with van der Waals surface area (Å²) in [6, 6.07) is 1.04. The molecule has 4 nitrogen and oxygen atoms in total. The van der Waals surface area contributed by atoms with Gasteiger partial charge >= 0.3 is 0 Å². The molecule has 1 aliphatic heterocycles. The fourth-order valence-corrected chi connectivity index (χ4v) is 3.47. The third-order valence-electron chi connectivity index (χ3n) is 3.68. The van der Waals surface area contributed by atoms with Crippen LogP contribution in [0, 0.1) is 6.92 Å². The van der Waals surface area contributed by atoms with Crippen molar-refractivity contribution in [1.29, 1.82) is 0 Å². The Hall–Kier alpha value is -0.490. The third-order valence-corrected chi connectivity index (χ3v) is 4.71. The van der Waals surface area contributed by atoms with E-state index in [1.165, 1.54) is 17.8 Å². The van der Waals surface area contributed by atoms with Crippen molar-refractivity contribution in [3.63, 3.8) is 0 Å². The van der Waals surface area contributed by atoms with Gasteiger partial charge in [-0.15, -0.1) is 11.3 Å². The van der Waals surface area contributed by atoms with Crippen LogP contribution in [-0.4, -0.2) is 48.8 Å². The Bertz CT molecular complexity index is 405. The van der Waals surface area contributed by atoms with Gasteiger partial charge in [0.15, 0.2) is 0 Å². The lowest BCUT2D eigenvalue weighted by atomic mass is 10.1. The number of likely N-dealkylation sites (N-methyl/N-ethyl adjacent to an activating group) is 1. The number of nitrogens with zero attached hydrogens (tertiary/aromatic N) is 2. The van der Waals surface area contributed by atoms with Crippen molar-refractivity contribution in [2.24, 2.45) is 0 Å². The van der Waals surface area contributed by atoms with Gasteiger partial charge < -0.3 is 10.1 Å². The molecule has 0 aromatic carbocycles. The maximum Gasteiger partial charge on any atom is 0.113 e. The highest BCUT2D eigenvalue weighted by molar-refractivity contribution is 7.09. The average molecular weight is 267 g/mol. The van der Waals surface area contributed by atoms with Crippen molar-refractivity contribution in [2.45, 2.75) is 38.0 Å². The summed E-state index contributed by atoms with van der Waals surface area (Å²) < 4.78 is 5.97. The maximum absolute atomic E-state index is 5.97. The molecule has 100 valence electrons. The van der Waals surface area contributed by atoms with Crippen LogP contribution in [0.5, 0.6) is 0 Å². The first-order chi connectivity index (χ1) is 8.74. The van der Waals surface area contributed by atoms with Gasteiger partial charge in [0.2, 0.25) is 0 Å². The van der Waals surface area contributed by atoms with E-state index in [2.05, 4.69) is 34.6 Å². The summed E-state index contributed by atoms with van der Waals surface area (Å²) in [6.45, 7) is 4.82. The van der Waals surface area contributed by atoms with Crippen LogP contribution in [0.25, 0.3) is 0 Å². The molecule has 2 aliphatic rings. The van der Waals surface area contributed by atoms with E-state index in [-0.39, 0.29) is 6.10 Å². The predicted molar refractivity (Wildman–Crippen MR) is 73.0 cm³/mol. The minimum atomic E-state index is 0.231. The topological polar surface area (TPSA) is 37.4 Å². The molecule has 0 bridgehead atoms. The lowest BCUT2D eigenvalue weighted by Gasteiger charge is -2.38. The monoisotopic (exact) mass is 267 g/mol. The fraction of sp³-hybridized carbons (Fsp3) is 0.769. The van der Waals surface area contributed by atoms with Gasteiger partial charge in [0.05, 0.1) is 18.8 Å². The van der Waals surface area contributed by atoms with E-state index >= 15 is 0 Å². The minimum Gasteiger partial charge on any atom is -0.373 e. The molecule has 3 rings (SSSR count). The predicted octanol–water partition coefficient (Wildman–Crippen LogP) is 1.58. The molecule has 1 aromatic rings. The summed E-state index contributed by atoms with van der Waals surface area (Å²) >= 11 is 1.75. The van der Waals surface area contributed by atoms with Crippen molar-refractivity contribution in [3.05, 3.63) is 16.1 Å². The van der Waals surface area contributed by atoms with Gasteiger partial charge in [-0.2, -0.15) is 0 Å². The Balaban J connectivity index is 1.71. The number of nitrogens with one attached hydrogen (secondary N) is 1. The number of hydrogen-bond acceptors (Lipinski definition) is 5. The molecule has 2 heterocycles. The lowest BCUT2D eigenvalue weighted by Crippen LogP contribution is -2.47. The smallest absolute Gasteiger partial charge is 0.113 e. The van der Waals surface area contributed by atoms with Gasteiger partial charge in [0, 0.05) is 30.2 Å². The molecule has 1 saturated carbocycles. The molecule has 2 unspecified atom stereocenters. The molecule has 0 amide bonds. The molecule has 1 aliphatic carbocycles. The van der Waals surface area contributed by atoms with Crippen LogP contribution in [0.4, 0.5) is 0 Å². The molecule has 18 heavy (non-hydrogen) atoms. The second kappa shape index (κ2) is 5.25. The van der Waals surface area contributed by atoms with Crippen LogP contribution in [0.1, 0.15) is 29.6 Å². The van der Waals surface area contributed by atoms with Gasteiger partial charge in [0.25, 0.3) is 0 Å². The van der Waals surface area contributed by atoms with E-state index in [0.717, 1.165) is 31.4 Å². The number of aryl methyl sites for hydroxylation is 1. The standard InChI is InChI=1S/C13H21N3OS/c1-9-8-18-13(15-9)12-11(7-14-10-3-4-10)17-6-5-16(12)2/h8,10-12,14H,3-7H2,1-2H3. The molecule has 2 atom stereocenters. The Kier molecular flexibility index (Phi) is 3.66. The molecule has 0 radical (unpaired) electrons. The first-order valence-electron chi connectivity index (χ1n) is 6.71. The van der Waals surface area contributed by atoms with Gasteiger partial charge in [-0.05, 0) is 26.8 Å². The zero-order valence-electron chi connectivity index (χ0n) is 11.1. The van der Waals surface area contributed by atoms with E-state index < -0.39 is 0 Å². The average Bonchev–Trinajstić information content (AvgIpc) is 3.09. The normalized spacial score (nSPS) is 29.7. The molecular weight excluding hydrogens is 246 g/mol. The Labute approximate surface area is 112 Å². The van der Waals surface area contributed by atoms with Gasteiger partial charge in [-0.25, -0.2) is 4.98 Å². The first-order valence-corrected chi connectivity index (χ1v) is 7.59. The Morgan fingerprint density at radius 1 is 1.56 bits per heavy atom. The summed E-state index contributed by atoms with van der Waals surface area (Å²) in [5.74, 6) is 0. The van der Waals surface area contributed by atoms with Crippen molar-refractivity contribution in [2.75, 3.05) is 26.7 Å². The zero-order valence-corrected chi connectivity index (χ0v) is 11.9. The van der Waals surface area contributed by atoms with E-state index in [9.17, 15) is 0 Å². The molecule has 1 saturated heterocycles. The number of aromatic nitrogens is 1. The van der Waals surface area contributed by atoms with Gasteiger partial charge in [0.1, 0.15) is 5.01 Å². The fourth-order valence-electron chi connectivity index (χ4n) is 2.46. The number of ether oxygens (including phenoxy) is 1. The SMILES string of the molecule is Cc1csc(C2C(CNC3CC3)OCCN2C)n1. The quantitative estimate of drug-likeness (QED) is 0.898. The second-order valence-corrected chi connectivity index (χ2v) is 6.23. The van der Waals surface area contributed by atoms with Crippen LogP contribution in [0.15, 0.2) is 5.38 Å². The van der Waals surface area contributed by atoms with Gasteiger partial charge in [-0.3, -0.25) is 4.90 Å². The number of thiazole rings is 1. The lowest BCUT2D eigenvalue weighted by molar-refractivity contribution is -0.0615. The third kappa shape index (κ3) is 2.74. The van der Waals surface area contributed by atoms with E-state index in [1.807, 2.05) is 0 Å². The van der Waals surface area contributed by atoms with E-state index in [4.69, 9.17) is 4.74 Å². The molecule has 1 aromatic heterocycles. The largest absolute Gasteiger partial charge is 0.373 e. The van der Waals surface area contributed by atoms with Crippen LogP contribution in [0.3, 0.4) is 0 Å². The van der Waals surface area contributed by atoms with Crippen molar-refractivity contribution >= 4 is 11.3 Å².